The van der Waals surface area contributed by atoms with Gasteiger partial charge in [-0.2, -0.15) is 0 Å². The van der Waals surface area contributed by atoms with E-state index in [1.807, 2.05) is 68.6 Å². The minimum absolute atomic E-state index is 0.201. The molecule has 5 rings (SSSR count). The number of carbonyl (C=O) groups is 3. The number of carbonyl (C=O) groups excluding carboxylic acids is 3. The number of aromatic amines is 1. The zero-order chi connectivity index (χ0) is 31.6. The summed E-state index contributed by atoms with van der Waals surface area (Å²) in [5, 5.41) is 2.86. The number of aryl methyl sites for hydroxylation is 2. The van der Waals surface area contributed by atoms with Crippen molar-refractivity contribution in [2.24, 2.45) is 5.73 Å². The Hall–Kier alpha value is -4.92. The summed E-state index contributed by atoms with van der Waals surface area (Å²) in [7, 11) is 0. The van der Waals surface area contributed by atoms with E-state index in [2.05, 4.69) is 16.4 Å². The first-order valence-corrected chi connectivity index (χ1v) is 14.8. The van der Waals surface area contributed by atoms with Crippen LogP contribution in [0.4, 0.5) is 4.79 Å². The van der Waals surface area contributed by atoms with Crippen molar-refractivity contribution in [2.45, 2.75) is 71.7 Å². The standard InChI is InChI=1S/C35H39N5O4/c1-21-15-26(31(36)41)16-22(2)27(21)18-28(39-34(43)44-35(3,4)5)33(42)40-20-25-14-10-9-13-24(25)17-30(40)32-37-19-29(38-32)23-11-7-6-8-12-23/h6-16,19,28,30H,17-18,20H2,1-5H3,(H2,36,41)(H,37,38)(H,39,43)/t28-,30+/m1/s1. The largest absolute Gasteiger partial charge is 0.444 e. The summed E-state index contributed by atoms with van der Waals surface area (Å²) in [6.07, 6.45) is 1.94. The summed E-state index contributed by atoms with van der Waals surface area (Å²) in [6, 6.07) is 20.0. The fourth-order valence-electron chi connectivity index (χ4n) is 5.77. The maximum Gasteiger partial charge on any atom is 0.408 e. The van der Waals surface area contributed by atoms with Crippen molar-refractivity contribution in [3.8, 4) is 11.3 Å². The van der Waals surface area contributed by atoms with Gasteiger partial charge in [0.1, 0.15) is 17.5 Å². The predicted molar refractivity (Wildman–Crippen MR) is 169 cm³/mol. The number of nitrogens with one attached hydrogen (secondary N) is 2. The average molecular weight is 594 g/mol. The van der Waals surface area contributed by atoms with E-state index in [0.29, 0.717) is 24.4 Å². The number of imidazole rings is 1. The number of ether oxygens (including phenoxy) is 1. The van der Waals surface area contributed by atoms with Gasteiger partial charge in [-0.3, -0.25) is 9.59 Å². The summed E-state index contributed by atoms with van der Waals surface area (Å²) in [5.41, 5.74) is 11.6. The first-order chi connectivity index (χ1) is 20.9. The highest BCUT2D eigenvalue weighted by Gasteiger charge is 2.37. The van der Waals surface area contributed by atoms with E-state index in [1.165, 1.54) is 0 Å². The Morgan fingerprint density at radius 1 is 1.02 bits per heavy atom. The van der Waals surface area contributed by atoms with Crippen molar-refractivity contribution in [3.05, 3.63) is 112 Å². The predicted octanol–water partition coefficient (Wildman–Crippen LogP) is 5.55. The van der Waals surface area contributed by atoms with Crippen LogP contribution in [0.5, 0.6) is 0 Å². The number of hydrogen-bond acceptors (Lipinski definition) is 5. The minimum Gasteiger partial charge on any atom is -0.444 e. The van der Waals surface area contributed by atoms with Crippen LogP contribution in [0.15, 0.2) is 72.9 Å². The van der Waals surface area contributed by atoms with E-state index in [1.54, 1.807) is 37.8 Å². The molecule has 4 aromatic rings. The molecule has 0 radical (unpaired) electrons. The Morgan fingerprint density at radius 3 is 2.30 bits per heavy atom. The number of amides is 3. The number of nitrogens with two attached hydrogens (primary N) is 1. The van der Waals surface area contributed by atoms with Crippen LogP contribution < -0.4 is 11.1 Å². The number of alkyl carbamates (subject to hydrolysis) is 1. The maximum atomic E-state index is 14.6. The molecule has 2 atom stereocenters. The van der Waals surface area contributed by atoms with Crippen LogP contribution in [-0.4, -0.2) is 44.4 Å². The summed E-state index contributed by atoms with van der Waals surface area (Å²) in [5.74, 6) is -0.114. The van der Waals surface area contributed by atoms with Gasteiger partial charge in [0.25, 0.3) is 0 Å². The molecule has 2 heterocycles. The molecule has 1 aliphatic rings. The molecule has 3 aromatic carbocycles. The molecular formula is C35H39N5O4. The van der Waals surface area contributed by atoms with Crippen LogP contribution in [0.1, 0.15) is 70.8 Å². The van der Waals surface area contributed by atoms with Gasteiger partial charge < -0.3 is 25.7 Å². The van der Waals surface area contributed by atoms with Gasteiger partial charge in [0.05, 0.1) is 11.7 Å². The van der Waals surface area contributed by atoms with E-state index < -0.39 is 29.7 Å². The summed E-state index contributed by atoms with van der Waals surface area (Å²) >= 11 is 0. The molecule has 228 valence electrons. The average Bonchev–Trinajstić information content (AvgIpc) is 3.47. The van der Waals surface area contributed by atoms with E-state index in [9.17, 15) is 14.4 Å². The summed E-state index contributed by atoms with van der Waals surface area (Å²) < 4.78 is 5.57. The van der Waals surface area contributed by atoms with Crippen LogP contribution in [0.25, 0.3) is 11.3 Å². The van der Waals surface area contributed by atoms with Crippen LogP contribution in [0, 0.1) is 13.8 Å². The number of fused-ring (bicyclic) bond motifs is 1. The van der Waals surface area contributed by atoms with Crippen molar-refractivity contribution in [2.75, 3.05) is 0 Å². The van der Waals surface area contributed by atoms with E-state index >= 15 is 0 Å². The fraction of sp³-hybridized carbons (Fsp3) is 0.314. The third-order valence-electron chi connectivity index (χ3n) is 7.89. The second-order valence-electron chi connectivity index (χ2n) is 12.3. The Morgan fingerprint density at radius 2 is 1.66 bits per heavy atom. The van der Waals surface area contributed by atoms with Gasteiger partial charge in [-0.25, -0.2) is 9.78 Å². The third kappa shape index (κ3) is 6.83. The lowest BCUT2D eigenvalue weighted by atomic mass is 9.90. The Kier molecular flexibility index (Phi) is 8.58. The van der Waals surface area contributed by atoms with Gasteiger partial charge in [-0.1, -0.05) is 54.6 Å². The highest BCUT2D eigenvalue weighted by atomic mass is 16.6. The van der Waals surface area contributed by atoms with E-state index in [-0.39, 0.29) is 12.3 Å². The smallest absolute Gasteiger partial charge is 0.408 e. The molecule has 0 fully saturated rings. The van der Waals surface area contributed by atoms with Gasteiger partial charge in [-0.15, -0.1) is 0 Å². The normalized spacial score (nSPS) is 15.3. The van der Waals surface area contributed by atoms with E-state index in [0.717, 1.165) is 39.1 Å². The van der Waals surface area contributed by atoms with Gasteiger partial charge in [0, 0.05) is 36.7 Å². The number of nitrogens with zero attached hydrogens (tertiary/aromatic N) is 2. The molecule has 0 aliphatic carbocycles. The first-order valence-electron chi connectivity index (χ1n) is 14.8. The van der Waals surface area contributed by atoms with Gasteiger partial charge in [0.2, 0.25) is 11.8 Å². The first kappa shape index (κ1) is 30.5. The quantitative estimate of drug-likeness (QED) is 0.259. The molecule has 1 aliphatic heterocycles. The zero-order valence-corrected chi connectivity index (χ0v) is 25.8. The highest BCUT2D eigenvalue weighted by Crippen LogP contribution is 2.34. The SMILES string of the molecule is Cc1cc(C(N)=O)cc(C)c1C[C@@H](NC(=O)OC(C)(C)C)C(=O)N1Cc2ccccc2C[C@H]1c1nc(-c2ccccc2)c[nH]1. The number of benzene rings is 3. The molecule has 0 saturated heterocycles. The monoisotopic (exact) mass is 593 g/mol. The van der Waals surface area contributed by atoms with Crippen LogP contribution in [0.3, 0.4) is 0 Å². The fourth-order valence-corrected chi connectivity index (χ4v) is 5.77. The Bertz CT molecular complexity index is 1670. The topological polar surface area (TPSA) is 130 Å². The molecule has 0 saturated carbocycles. The number of rotatable bonds is 7. The van der Waals surface area contributed by atoms with Gasteiger partial charge in [0.15, 0.2) is 0 Å². The van der Waals surface area contributed by atoms with Gasteiger partial charge >= 0.3 is 6.09 Å². The summed E-state index contributed by atoms with van der Waals surface area (Å²) in [4.78, 5) is 49.6. The Labute approximate surface area is 257 Å². The molecule has 9 nitrogen and oxygen atoms in total. The van der Waals surface area contributed by atoms with Crippen LogP contribution in [0.2, 0.25) is 0 Å². The van der Waals surface area contributed by atoms with Gasteiger partial charge in [-0.05, 0) is 74.6 Å². The minimum atomic E-state index is -0.946. The van der Waals surface area contributed by atoms with Crippen molar-refractivity contribution in [1.82, 2.24) is 20.2 Å². The maximum absolute atomic E-state index is 14.6. The Balaban J connectivity index is 1.53. The summed E-state index contributed by atoms with van der Waals surface area (Å²) in [6.45, 7) is 9.43. The van der Waals surface area contributed by atoms with Crippen molar-refractivity contribution >= 4 is 17.9 Å². The lowest BCUT2D eigenvalue weighted by molar-refractivity contribution is -0.137. The second-order valence-corrected chi connectivity index (χ2v) is 12.3. The lowest BCUT2D eigenvalue weighted by Crippen LogP contribution is -2.52. The molecule has 1 aromatic heterocycles. The van der Waals surface area contributed by atoms with Crippen LogP contribution >= 0.6 is 0 Å². The third-order valence-corrected chi connectivity index (χ3v) is 7.89. The van der Waals surface area contributed by atoms with Crippen molar-refractivity contribution < 1.29 is 19.1 Å². The molecule has 44 heavy (non-hydrogen) atoms. The zero-order valence-electron chi connectivity index (χ0n) is 25.8. The molecule has 9 heteroatoms. The molecule has 0 spiro atoms. The molecular weight excluding hydrogens is 554 g/mol. The molecule has 3 amide bonds. The number of aromatic nitrogens is 2. The second kappa shape index (κ2) is 12.4. The lowest BCUT2D eigenvalue weighted by Gasteiger charge is -2.38. The molecule has 0 bridgehead atoms. The van der Waals surface area contributed by atoms with Crippen molar-refractivity contribution in [1.29, 1.82) is 0 Å². The molecule has 4 N–H and O–H groups in total. The van der Waals surface area contributed by atoms with Crippen LogP contribution in [-0.2, 0) is 28.9 Å². The van der Waals surface area contributed by atoms with Crippen molar-refractivity contribution in [3.63, 3.8) is 0 Å². The highest BCUT2D eigenvalue weighted by molar-refractivity contribution is 5.93. The number of primary amides is 1. The number of hydrogen-bond donors (Lipinski definition) is 3. The number of H-pyrrole nitrogens is 1. The van der Waals surface area contributed by atoms with E-state index in [4.69, 9.17) is 15.5 Å². The molecule has 0 unspecified atom stereocenters.